The van der Waals surface area contributed by atoms with Gasteiger partial charge in [-0.3, -0.25) is 0 Å². The van der Waals surface area contributed by atoms with Crippen molar-refractivity contribution in [1.82, 2.24) is 0 Å². The van der Waals surface area contributed by atoms with E-state index in [0.29, 0.717) is 23.6 Å². The zero-order valence-electron chi connectivity index (χ0n) is 17.4. The minimum atomic E-state index is -0.437. The topological polar surface area (TPSA) is 33.9 Å². The Labute approximate surface area is 169 Å². The Hall–Kier alpha value is -1.68. The number of piperidine rings is 1. The molecule has 3 aliphatic rings. The van der Waals surface area contributed by atoms with Crippen LogP contribution in [0.25, 0.3) is 0 Å². The predicted octanol–water partition coefficient (Wildman–Crippen LogP) is 3.39. The highest BCUT2D eigenvalue weighted by Crippen LogP contribution is 2.44. The number of ether oxygens (including phenoxy) is 1. The highest BCUT2D eigenvalue weighted by Gasteiger charge is 2.60. The van der Waals surface area contributed by atoms with Crippen LogP contribution in [0.15, 0.2) is 60.7 Å². The molecule has 2 saturated heterocycles. The quantitative estimate of drug-likeness (QED) is 0.772. The van der Waals surface area contributed by atoms with Crippen LogP contribution in [0.5, 0.6) is 0 Å². The number of fused-ring (bicyclic) bond motifs is 2. The summed E-state index contributed by atoms with van der Waals surface area (Å²) in [4.78, 5) is 1.58. The molecule has 150 valence electrons. The number of rotatable bonds is 7. The number of hydrogen-bond donors (Lipinski definition) is 2. The maximum Gasteiger partial charge on any atom is 0.126 e. The molecule has 1 aliphatic carbocycles. The lowest BCUT2D eigenvalue weighted by Gasteiger charge is -2.61. The second kappa shape index (κ2) is 7.62. The van der Waals surface area contributed by atoms with E-state index in [9.17, 15) is 5.11 Å². The fraction of sp³-hybridized carbons (Fsp3) is 0.520. The van der Waals surface area contributed by atoms with E-state index in [1.165, 1.54) is 19.3 Å². The van der Waals surface area contributed by atoms with E-state index in [1.807, 2.05) is 36.4 Å². The van der Waals surface area contributed by atoms with E-state index in [1.54, 1.807) is 4.90 Å². The van der Waals surface area contributed by atoms with Gasteiger partial charge in [-0.1, -0.05) is 74.5 Å². The highest BCUT2D eigenvalue weighted by atomic mass is 16.5. The molecule has 0 radical (unpaired) electrons. The fourth-order valence-electron chi connectivity index (χ4n) is 5.91. The molecule has 3 fully saturated rings. The summed E-state index contributed by atoms with van der Waals surface area (Å²) in [5.41, 5.74) is 3.02. The van der Waals surface area contributed by atoms with Crippen LogP contribution in [-0.2, 0) is 4.74 Å². The molecule has 2 aliphatic heterocycles. The standard InChI is InChI=1S/C25H33NO2/c1-24(2)14-21-15-25(3,18-24)26(21)16-22(27)17-28-23(19-10-6-4-7-11-19)20-12-8-5-9-13-20/h4-13,21-23,27H,14-18H2,1-3H3/p+1/t21-,22-,25-/m0/s1. The van der Waals surface area contributed by atoms with Gasteiger partial charge < -0.3 is 14.7 Å². The SMILES string of the molecule is CC1(C)C[C@H]2C[C@@](C)(C1)[NH+]2C[C@H](O)COC(c1ccccc1)c1ccccc1. The second-order valence-electron chi connectivity index (χ2n) is 9.92. The lowest BCUT2D eigenvalue weighted by molar-refractivity contribution is -1.03. The van der Waals surface area contributed by atoms with Gasteiger partial charge >= 0.3 is 0 Å². The molecule has 1 unspecified atom stereocenters. The number of aliphatic hydroxyl groups excluding tert-OH is 1. The van der Waals surface area contributed by atoms with Crippen molar-refractivity contribution in [2.45, 2.75) is 63.8 Å². The van der Waals surface area contributed by atoms with Crippen LogP contribution in [0.2, 0.25) is 0 Å². The van der Waals surface area contributed by atoms with Crippen LogP contribution in [0.1, 0.15) is 57.3 Å². The molecule has 4 atom stereocenters. The van der Waals surface area contributed by atoms with Crippen molar-refractivity contribution in [1.29, 1.82) is 0 Å². The van der Waals surface area contributed by atoms with Gasteiger partial charge in [0.05, 0.1) is 19.1 Å². The van der Waals surface area contributed by atoms with Gasteiger partial charge in [-0.05, 0) is 23.5 Å². The number of nitrogens with one attached hydrogen (secondary N) is 1. The van der Waals surface area contributed by atoms with Gasteiger partial charge in [0, 0.05) is 12.8 Å². The van der Waals surface area contributed by atoms with Crippen LogP contribution < -0.4 is 4.90 Å². The molecule has 2 heterocycles. The summed E-state index contributed by atoms with van der Waals surface area (Å²) >= 11 is 0. The molecule has 0 amide bonds. The van der Waals surface area contributed by atoms with Gasteiger partial charge in [-0.2, -0.15) is 0 Å². The zero-order valence-corrected chi connectivity index (χ0v) is 17.4. The van der Waals surface area contributed by atoms with E-state index >= 15 is 0 Å². The Morgan fingerprint density at radius 2 is 1.54 bits per heavy atom. The third-order valence-electron chi connectivity index (χ3n) is 6.75. The monoisotopic (exact) mass is 380 g/mol. The van der Waals surface area contributed by atoms with Crippen LogP contribution >= 0.6 is 0 Å². The molecule has 2 bridgehead atoms. The minimum absolute atomic E-state index is 0.141. The Morgan fingerprint density at radius 3 is 2.07 bits per heavy atom. The number of quaternary nitrogens is 1. The first-order valence-corrected chi connectivity index (χ1v) is 10.6. The molecule has 3 nitrogen and oxygen atoms in total. The maximum atomic E-state index is 10.8. The van der Waals surface area contributed by atoms with E-state index in [4.69, 9.17) is 4.74 Å². The summed E-state index contributed by atoms with van der Waals surface area (Å²) in [7, 11) is 0. The maximum absolute atomic E-state index is 10.8. The first-order valence-electron chi connectivity index (χ1n) is 10.6. The van der Waals surface area contributed by atoms with E-state index in [-0.39, 0.29) is 6.10 Å². The van der Waals surface area contributed by atoms with Crippen LogP contribution in [0.4, 0.5) is 0 Å². The molecule has 28 heavy (non-hydrogen) atoms. The van der Waals surface area contributed by atoms with E-state index in [0.717, 1.165) is 17.7 Å². The van der Waals surface area contributed by atoms with E-state index in [2.05, 4.69) is 45.0 Å². The second-order valence-corrected chi connectivity index (χ2v) is 9.92. The lowest BCUT2D eigenvalue weighted by Crippen LogP contribution is -3.31. The minimum Gasteiger partial charge on any atom is -0.385 e. The zero-order chi connectivity index (χ0) is 19.8. The van der Waals surface area contributed by atoms with Gasteiger partial charge in [0.2, 0.25) is 0 Å². The molecular weight excluding hydrogens is 346 g/mol. The molecular formula is C25H34NO2+. The van der Waals surface area contributed by atoms with Gasteiger partial charge in [-0.25, -0.2) is 0 Å². The average Bonchev–Trinajstić information content (AvgIpc) is 2.66. The Balaban J connectivity index is 1.39. The fourth-order valence-corrected chi connectivity index (χ4v) is 5.91. The normalized spacial score (nSPS) is 29.3. The first kappa shape index (κ1) is 19.6. The van der Waals surface area contributed by atoms with Crippen LogP contribution in [-0.4, -0.2) is 35.9 Å². The molecule has 2 aromatic rings. The molecule has 3 heteroatoms. The largest absolute Gasteiger partial charge is 0.385 e. The van der Waals surface area contributed by atoms with Crippen molar-refractivity contribution in [3.63, 3.8) is 0 Å². The summed E-state index contributed by atoms with van der Waals surface area (Å²) in [5, 5.41) is 10.8. The van der Waals surface area contributed by atoms with Crippen molar-refractivity contribution >= 4 is 0 Å². The van der Waals surface area contributed by atoms with Crippen molar-refractivity contribution in [2.24, 2.45) is 5.41 Å². The summed E-state index contributed by atoms with van der Waals surface area (Å²) in [6, 6.07) is 21.3. The smallest absolute Gasteiger partial charge is 0.126 e. The molecule has 0 aromatic heterocycles. The Morgan fingerprint density at radius 1 is 0.964 bits per heavy atom. The third kappa shape index (κ3) is 4.03. The molecule has 2 aromatic carbocycles. The third-order valence-corrected chi connectivity index (χ3v) is 6.75. The van der Waals surface area contributed by atoms with Crippen molar-refractivity contribution in [2.75, 3.05) is 13.2 Å². The lowest BCUT2D eigenvalue weighted by atomic mass is 9.59. The summed E-state index contributed by atoms with van der Waals surface area (Å²) < 4.78 is 6.28. The highest BCUT2D eigenvalue weighted by molar-refractivity contribution is 5.29. The van der Waals surface area contributed by atoms with Crippen molar-refractivity contribution < 1.29 is 14.7 Å². The van der Waals surface area contributed by atoms with Crippen molar-refractivity contribution in [3.05, 3.63) is 71.8 Å². The Bertz CT molecular complexity index is 736. The first-order chi connectivity index (χ1) is 13.4. The number of aliphatic hydroxyl groups is 1. The number of hydrogen-bond acceptors (Lipinski definition) is 2. The molecule has 0 spiro atoms. The van der Waals surface area contributed by atoms with E-state index < -0.39 is 6.10 Å². The number of benzene rings is 2. The predicted molar refractivity (Wildman–Crippen MR) is 112 cm³/mol. The van der Waals surface area contributed by atoms with Crippen molar-refractivity contribution in [3.8, 4) is 0 Å². The van der Waals surface area contributed by atoms with Gasteiger partial charge in [0.1, 0.15) is 24.3 Å². The summed E-state index contributed by atoms with van der Waals surface area (Å²) in [6.07, 6.45) is 3.24. The molecule has 5 rings (SSSR count). The Kier molecular flexibility index (Phi) is 5.34. The molecule has 2 N–H and O–H groups in total. The van der Waals surface area contributed by atoms with Gasteiger partial charge in [0.15, 0.2) is 0 Å². The average molecular weight is 381 g/mol. The van der Waals surface area contributed by atoms with Crippen LogP contribution in [0, 0.1) is 5.41 Å². The summed E-state index contributed by atoms with van der Waals surface area (Å²) in [6.45, 7) is 8.32. The van der Waals surface area contributed by atoms with Gasteiger partial charge in [0.25, 0.3) is 0 Å². The summed E-state index contributed by atoms with van der Waals surface area (Å²) in [5.74, 6) is 0. The molecule has 1 saturated carbocycles. The van der Waals surface area contributed by atoms with Gasteiger partial charge in [-0.15, -0.1) is 0 Å². The van der Waals surface area contributed by atoms with Crippen LogP contribution in [0.3, 0.4) is 0 Å².